The van der Waals surface area contributed by atoms with Crippen molar-refractivity contribution in [1.82, 2.24) is 9.55 Å². The largest absolute Gasteiger partial charge is 0.416 e. The van der Waals surface area contributed by atoms with Crippen LogP contribution >= 0.6 is 0 Å². The van der Waals surface area contributed by atoms with E-state index in [1.807, 2.05) is 0 Å². The monoisotopic (exact) mass is 409 g/mol. The van der Waals surface area contributed by atoms with Crippen molar-refractivity contribution in [3.63, 3.8) is 0 Å². The molecule has 0 unspecified atom stereocenters. The van der Waals surface area contributed by atoms with Gasteiger partial charge in [0, 0.05) is 11.3 Å². The number of nitrogens with zero attached hydrogens (tertiary/aromatic N) is 2. The standard InChI is InChI=1S/C22H14F3N3O2/c23-22(24,25)15-7-9-16(10-8-15)27-20(29)14-5-11-17(12-6-14)28-13-26-19-4-2-1-3-18(19)21(28)30/h1-13H,(H,27,29). The number of hydrogen-bond donors (Lipinski definition) is 1. The van der Waals surface area contributed by atoms with Crippen LogP contribution in [0.1, 0.15) is 15.9 Å². The Labute approximate surface area is 168 Å². The summed E-state index contributed by atoms with van der Waals surface area (Å²) >= 11 is 0. The quantitative estimate of drug-likeness (QED) is 0.536. The number of carbonyl (C=O) groups excluding carboxylic acids is 1. The molecule has 0 radical (unpaired) electrons. The van der Waals surface area contributed by atoms with Crippen molar-refractivity contribution in [2.75, 3.05) is 5.32 Å². The van der Waals surface area contributed by atoms with Crippen LogP contribution in [0, 0.1) is 0 Å². The lowest BCUT2D eigenvalue weighted by molar-refractivity contribution is -0.137. The van der Waals surface area contributed by atoms with E-state index in [0.29, 0.717) is 22.2 Å². The molecular weight excluding hydrogens is 395 g/mol. The van der Waals surface area contributed by atoms with Gasteiger partial charge in [0.05, 0.1) is 22.2 Å². The van der Waals surface area contributed by atoms with Crippen LogP contribution < -0.4 is 10.9 Å². The molecule has 1 N–H and O–H groups in total. The van der Waals surface area contributed by atoms with Crippen molar-refractivity contribution in [1.29, 1.82) is 0 Å². The van der Waals surface area contributed by atoms with Gasteiger partial charge in [0.1, 0.15) is 6.33 Å². The lowest BCUT2D eigenvalue weighted by Crippen LogP contribution is -2.19. The fourth-order valence-corrected chi connectivity index (χ4v) is 2.97. The number of halogens is 3. The Hall–Kier alpha value is -3.94. The summed E-state index contributed by atoms with van der Waals surface area (Å²) in [5.41, 5.74) is 0.630. The van der Waals surface area contributed by atoms with E-state index in [9.17, 15) is 22.8 Å². The summed E-state index contributed by atoms with van der Waals surface area (Å²) in [5.74, 6) is -0.481. The van der Waals surface area contributed by atoms with E-state index in [0.717, 1.165) is 12.1 Å². The maximum absolute atomic E-state index is 12.7. The second-order valence-electron chi connectivity index (χ2n) is 6.51. The molecule has 1 aromatic heterocycles. The van der Waals surface area contributed by atoms with Crippen LogP contribution in [0.3, 0.4) is 0 Å². The van der Waals surface area contributed by atoms with Crippen molar-refractivity contribution in [2.45, 2.75) is 6.18 Å². The maximum Gasteiger partial charge on any atom is 0.416 e. The number of nitrogens with one attached hydrogen (secondary N) is 1. The summed E-state index contributed by atoms with van der Waals surface area (Å²) < 4.78 is 39.2. The first-order chi connectivity index (χ1) is 14.3. The second-order valence-corrected chi connectivity index (χ2v) is 6.51. The minimum absolute atomic E-state index is 0.234. The van der Waals surface area contributed by atoms with E-state index in [-0.39, 0.29) is 11.2 Å². The topological polar surface area (TPSA) is 64.0 Å². The average molecular weight is 409 g/mol. The highest BCUT2D eigenvalue weighted by Crippen LogP contribution is 2.29. The zero-order chi connectivity index (χ0) is 21.3. The molecule has 0 aliphatic rings. The lowest BCUT2D eigenvalue weighted by Gasteiger charge is -2.10. The summed E-state index contributed by atoms with van der Waals surface area (Å²) in [7, 11) is 0. The van der Waals surface area contributed by atoms with E-state index in [4.69, 9.17) is 0 Å². The highest BCUT2D eigenvalue weighted by molar-refractivity contribution is 6.04. The Morgan fingerprint density at radius 1 is 0.900 bits per heavy atom. The van der Waals surface area contributed by atoms with Gasteiger partial charge in [-0.2, -0.15) is 13.2 Å². The van der Waals surface area contributed by atoms with Gasteiger partial charge in [-0.05, 0) is 60.7 Å². The highest BCUT2D eigenvalue weighted by Gasteiger charge is 2.30. The molecule has 1 heterocycles. The Kier molecular flexibility index (Phi) is 4.83. The van der Waals surface area contributed by atoms with Gasteiger partial charge in [0.2, 0.25) is 0 Å². The molecule has 4 rings (SSSR count). The minimum Gasteiger partial charge on any atom is -0.322 e. The molecule has 30 heavy (non-hydrogen) atoms. The normalized spacial score (nSPS) is 11.4. The Balaban J connectivity index is 1.54. The zero-order valence-electron chi connectivity index (χ0n) is 15.4. The molecule has 0 bridgehead atoms. The zero-order valence-corrected chi connectivity index (χ0v) is 15.4. The summed E-state index contributed by atoms with van der Waals surface area (Å²) in [4.78, 5) is 29.3. The predicted octanol–water partition coefficient (Wildman–Crippen LogP) is 4.66. The van der Waals surface area contributed by atoms with Crippen LogP contribution in [0.15, 0.2) is 83.9 Å². The summed E-state index contributed by atoms with van der Waals surface area (Å²) in [5, 5.41) is 3.02. The number of benzene rings is 3. The van der Waals surface area contributed by atoms with Gasteiger partial charge in [0.15, 0.2) is 0 Å². The molecule has 3 aromatic carbocycles. The van der Waals surface area contributed by atoms with Gasteiger partial charge in [-0.1, -0.05) is 12.1 Å². The molecule has 5 nitrogen and oxygen atoms in total. The molecule has 0 fully saturated rings. The van der Waals surface area contributed by atoms with Gasteiger partial charge >= 0.3 is 6.18 Å². The second kappa shape index (κ2) is 7.47. The van der Waals surface area contributed by atoms with Crippen LogP contribution in [0.2, 0.25) is 0 Å². The molecule has 1 amide bonds. The SMILES string of the molecule is O=C(Nc1ccc(C(F)(F)F)cc1)c1ccc(-n2cnc3ccccc3c2=O)cc1. The number of carbonyl (C=O) groups is 1. The van der Waals surface area contributed by atoms with Gasteiger partial charge in [0.25, 0.3) is 11.5 Å². The predicted molar refractivity (Wildman–Crippen MR) is 107 cm³/mol. The summed E-state index contributed by atoms with van der Waals surface area (Å²) in [6, 6.07) is 17.4. The third-order valence-electron chi connectivity index (χ3n) is 4.54. The fourth-order valence-electron chi connectivity index (χ4n) is 2.97. The molecule has 0 aliphatic heterocycles. The van der Waals surface area contributed by atoms with Gasteiger partial charge in [-0.15, -0.1) is 0 Å². The van der Waals surface area contributed by atoms with Crippen molar-refractivity contribution in [3.05, 3.63) is 101 Å². The molecule has 0 saturated carbocycles. The molecule has 0 aliphatic carbocycles. The number of aromatic nitrogens is 2. The number of anilines is 1. The van der Waals surface area contributed by atoms with Crippen LogP contribution in [-0.2, 0) is 6.18 Å². The van der Waals surface area contributed by atoms with Crippen LogP contribution in [0.25, 0.3) is 16.6 Å². The average Bonchev–Trinajstić information content (AvgIpc) is 2.74. The van der Waals surface area contributed by atoms with Crippen molar-refractivity contribution < 1.29 is 18.0 Å². The molecule has 150 valence electrons. The third kappa shape index (κ3) is 3.80. The van der Waals surface area contributed by atoms with E-state index >= 15 is 0 Å². The Bertz CT molecular complexity index is 1280. The number of para-hydroxylation sites is 1. The first kappa shape index (κ1) is 19.4. The first-order valence-corrected chi connectivity index (χ1v) is 8.88. The van der Waals surface area contributed by atoms with Crippen LogP contribution in [0.5, 0.6) is 0 Å². The number of amides is 1. The van der Waals surface area contributed by atoms with Crippen molar-refractivity contribution in [3.8, 4) is 5.69 Å². The van der Waals surface area contributed by atoms with Crippen LogP contribution in [0.4, 0.5) is 18.9 Å². The molecule has 0 spiro atoms. The molecule has 0 saturated heterocycles. The van der Waals surface area contributed by atoms with Gasteiger partial charge in [-0.25, -0.2) is 4.98 Å². The Morgan fingerprint density at radius 3 is 2.23 bits per heavy atom. The molecule has 0 atom stereocenters. The number of hydrogen-bond acceptors (Lipinski definition) is 3. The first-order valence-electron chi connectivity index (χ1n) is 8.88. The van der Waals surface area contributed by atoms with Crippen molar-refractivity contribution in [2.24, 2.45) is 0 Å². The minimum atomic E-state index is -4.44. The molecule has 4 aromatic rings. The van der Waals surface area contributed by atoms with E-state index in [1.54, 1.807) is 36.4 Å². The third-order valence-corrected chi connectivity index (χ3v) is 4.54. The fraction of sp³-hybridized carbons (Fsp3) is 0.0455. The summed E-state index contributed by atoms with van der Waals surface area (Å²) in [6.07, 6.45) is -3.02. The number of fused-ring (bicyclic) bond motifs is 1. The van der Waals surface area contributed by atoms with Gasteiger partial charge < -0.3 is 5.32 Å². The van der Waals surface area contributed by atoms with Gasteiger partial charge in [-0.3, -0.25) is 14.2 Å². The van der Waals surface area contributed by atoms with Crippen LogP contribution in [-0.4, -0.2) is 15.5 Å². The van der Waals surface area contributed by atoms with Crippen molar-refractivity contribution >= 4 is 22.5 Å². The highest BCUT2D eigenvalue weighted by atomic mass is 19.4. The molecule has 8 heteroatoms. The van der Waals surface area contributed by atoms with E-state index in [1.165, 1.54) is 35.2 Å². The van der Waals surface area contributed by atoms with E-state index < -0.39 is 17.6 Å². The number of alkyl halides is 3. The molecular formula is C22H14F3N3O2. The lowest BCUT2D eigenvalue weighted by atomic mass is 10.1. The summed E-state index contributed by atoms with van der Waals surface area (Å²) in [6.45, 7) is 0. The Morgan fingerprint density at radius 2 is 1.57 bits per heavy atom. The smallest absolute Gasteiger partial charge is 0.322 e. The van der Waals surface area contributed by atoms with E-state index in [2.05, 4.69) is 10.3 Å². The maximum atomic E-state index is 12.7. The number of rotatable bonds is 3.